The average molecular weight is 500 g/mol. The highest BCUT2D eigenvalue weighted by Gasteiger charge is 2.48. The van der Waals surface area contributed by atoms with Crippen molar-refractivity contribution in [3.05, 3.63) is 99.1 Å². The number of carbonyl (C=O) groups excluding carboxylic acids is 2. The number of aliphatic hydroxyl groups excluding tert-OH is 1. The fraction of sp³-hybridized carbons (Fsp3) is 0.0400. The van der Waals surface area contributed by atoms with Gasteiger partial charge in [-0.2, -0.15) is 0 Å². The summed E-state index contributed by atoms with van der Waals surface area (Å²) < 4.78 is 0. The Morgan fingerprint density at radius 2 is 1.73 bits per heavy atom. The summed E-state index contributed by atoms with van der Waals surface area (Å²) in [4.78, 5) is 56.6. The zero-order valence-electron chi connectivity index (χ0n) is 18.7. The lowest BCUT2D eigenvalue weighted by Crippen LogP contribution is -2.30. The molecule has 0 radical (unpaired) electrons. The van der Waals surface area contributed by atoms with Crippen molar-refractivity contribution in [2.45, 2.75) is 6.04 Å². The number of phenolic OH excluding ortho intramolecular Hbond substituents is 1. The summed E-state index contributed by atoms with van der Waals surface area (Å²) in [6.07, 6.45) is 0. The molecular formula is C25H16N4O8. The van der Waals surface area contributed by atoms with Crippen molar-refractivity contribution in [2.75, 3.05) is 4.90 Å². The first-order chi connectivity index (χ1) is 17.7. The Balaban J connectivity index is 1.72. The lowest BCUT2D eigenvalue weighted by molar-refractivity contribution is -0.384. The predicted molar refractivity (Wildman–Crippen MR) is 129 cm³/mol. The monoisotopic (exact) mass is 500 g/mol. The van der Waals surface area contributed by atoms with E-state index in [0.29, 0.717) is 16.6 Å². The minimum Gasteiger partial charge on any atom is -0.508 e. The third kappa shape index (κ3) is 3.91. The van der Waals surface area contributed by atoms with Crippen molar-refractivity contribution >= 4 is 46.1 Å². The summed E-state index contributed by atoms with van der Waals surface area (Å²) in [7, 11) is 0. The standard InChI is InChI=1S/C25H16N4O8/c30-16-7-4-12(5-8-16)20-19(21(31)13-2-1-3-15(10-13)29(36)37)22(32)23(33)28(20)25-26-17-9-6-14(24(34)35)11-18(17)27-25/h1-11,20,30-31H,(H,26,27)(H,34,35)/b21-19+. The van der Waals surface area contributed by atoms with Crippen LogP contribution in [0.5, 0.6) is 5.75 Å². The number of phenols is 1. The Morgan fingerprint density at radius 3 is 2.41 bits per heavy atom. The number of benzene rings is 3. The maximum Gasteiger partial charge on any atom is 0.335 e. The number of carboxylic acid groups (broad SMARTS) is 1. The molecular weight excluding hydrogens is 484 g/mol. The Bertz CT molecular complexity index is 1650. The topological polar surface area (TPSA) is 187 Å². The van der Waals surface area contributed by atoms with Crippen LogP contribution in [0.15, 0.2) is 72.3 Å². The van der Waals surface area contributed by atoms with Crippen molar-refractivity contribution in [3.63, 3.8) is 0 Å². The van der Waals surface area contributed by atoms with E-state index in [2.05, 4.69) is 9.97 Å². The Kier molecular flexibility index (Phi) is 5.40. The van der Waals surface area contributed by atoms with Gasteiger partial charge in [-0.05, 0) is 35.9 Å². The van der Waals surface area contributed by atoms with Crippen LogP contribution < -0.4 is 4.90 Å². The van der Waals surface area contributed by atoms with Gasteiger partial charge < -0.3 is 20.3 Å². The van der Waals surface area contributed by atoms with Gasteiger partial charge in [0, 0.05) is 17.7 Å². The molecule has 184 valence electrons. The Labute approximate surface area is 206 Å². The molecule has 12 nitrogen and oxygen atoms in total. The van der Waals surface area contributed by atoms with Crippen LogP contribution in [-0.2, 0) is 9.59 Å². The van der Waals surface area contributed by atoms with Gasteiger partial charge in [0.15, 0.2) is 0 Å². The first kappa shape index (κ1) is 23.2. The van der Waals surface area contributed by atoms with Gasteiger partial charge in [-0.25, -0.2) is 9.78 Å². The lowest BCUT2D eigenvalue weighted by Gasteiger charge is -2.23. The number of H-pyrrole nitrogens is 1. The summed E-state index contributed by atoms with van der Waals surface area (Å²) in [6, 6.07) is 13.4. The third-order valence-electron chi connectivity index (χ3n) is 5.93. The molecule has 1 aliphatic rings. The number of imidazole rings is 1. The molecule has 4 aromatic rings. The first-order valence-electron chi connectivity index (χ1n) is 10.7. The van der Waals surface area contributed by atoms with E-state index in [0.717, 1.165) is 11.0 Å². The second-order valence-electron chi connectivity index (χ2n) is 8.17. The van der Waals surface area contributed by atoms with Gasteiger partial charge in [-0.1, -0.05) is 24.3 Å². The normalized spacial score (nSPS) is 16.9. The number of nitrogens with one attached hydrogen (secondary N) is 1. The number of aromatic nitrogens is 2. The Morgan fingerprint density at radius 1 is 1.00 bits per heavy atom. The predicted octanol–water partition coefficient (Wildman–Crippen LogP) is 3.50. The smallest absolute Gasteiger partial charge is 0.335 e. The molecule has 12 heteroatoms. The fourth-order valence-corrected chi connectivity index (χ4v) is 4.19. The fourth-order valence-electron chi connectivity index (χ4n) is 4.19. The molecule has 0 bridgehead atoms. The number of carbonyl (C=O) groups is 3. The van der Waals surface area contributed by atoms with Crippen molar-refractivity contribution in [3.8, 4) is 5.75 Å². The molecule has 0 aliphatic carbocycles. The molecule has 4 N–H and O–H groups in total. The van der Waals surface area contributed by atoms with Crippen LogP contribution in [0.25, 0.3) is 16.8 Å². The molecule has 0 spiro atoms. The van der Waals surface area contributed by atoms with Crippen molar-refractivity contribution in [2.24, 2.45) is 0 Å². The van der Waals surface area contributed by atoms with E-state index >= 15 is 0 Å². The number of fused-ring (bicyclic) bond motifs is 1. The number of aromatic amines is 1. The van der Waals surface area contributed by atoms with Crippen molar-refractivity contribution < 1.29 is 34.6 Å². The molecule has 1 atom stereocenters. The number of aromatic carboxylic acids is 1. The number of nitro groups is 1. The summed E-state index contributed by atoms with van der Waals surface area (Å²) >= 11 is 0. The first-order valence-corrected chi connectivity index (χ1v) is 10.7. The second-order valence-corrected chi connectivity index (χ2v) is 8.17. The van der Waals surface area contributed by atoms with Gasteiger partial charge >= 0.3 is 11.9 Å². The summed E-state index contributed by atoms with van der Waals surface area (Å²) in [5.41, 5.74) is 0.201. The van der Waals surface area contributed by atoms with Crippen LogP contribution in [0.2, 0.25) is 0 Å². The maximum absolute atomic E-state index is 13.2. The number of rotatable bonds is 5. The highest BCUT2D eigenvalue weighted by Crippen LogP contribution is 2.42. The van der Waals surface area contributed by atoms with Gasteiger partial charge in [-0.3, -0.25) is 24.6 Å². The van der Waals surface area contributed by atoms with E-state index in [-0.39, 0.29) is 34.1 Å². The van der Waals surface area contributed by atoms with Crippen molar-refractivity contribution in [1.82, 2.24) is 9.97 Å². The minimum absolute atomic E-state index is 0.0227. The zero-order chi connectivity index (χ0) is 26.4. The minimum atomic E-state index is -1.22. The highest BCUT2D eigenvalue weighted by molar-refractivity contribution is 6.51. The largest absolute Gasteiger partial charge is 0.508 e. The molecule has 37 heavy (non-hydrogen) atoms. The number of nitro benzene ring substituents is 1. The van der Waals surface area contributed by atoms with E-state index < -0.39 is 34.4 Å². The maximum atomic E-state index is 13.2. The van der Waals surface area contributed by atoms with Gasteiger partial charge in [0.05, 0.1) is 33.1 Å². The van der Waals surface area contributed by atoms with E-state index in [9.17, 15) is 39.8 Å². The van der Waals surface area contributed by atoms with Gasteiger partial charge in [-0.15, -0.1) is 0 Å². The van der Waals surface area contributed by atoms with Gasteiger partial charge in [0.1, 0.15) is 11.5 Å². The Hall–Kier alpha value is -5.52. The quantitative estimate of drug-likeness (QED) is 0.105. The van der Waals surface area contributed by atoms with Crippen LogP contribution in [0.3, 0.4) is 0 Å². The van der Waals surface area contributed by atoms with Crippen LogP contribution in [0.1, 0.15) is 27.5 Å². The number of aliphatic hydroxyl groups is 1. The molecule has 0 saturated carbocycles. The van der Waals surface area contributed by atoms with Crippen LogP contribution in [-0.4, -0.2) is 47.9 Å². The van der Waals surface area contributed by atoms with E-state index in [1.54, 1.807) is 0 Å². The molecule has 3 aromatic carbocycles. The number of ketones is 1. The van der Waals surface area contributed by atoms with E-state index in [4.69, 9.17) is 0 Å². The number of anilines is 1. The lowest BCUT2D eigenvalue weighted by atomic mass is 9.95. The number of aromatic hydroxyl groups is 1. The van der Waals surface area contributed by atoms with Gasteiger partial charge in [0.2, 0.25) is 5.95 Å². The molecule has 1 fully saturated rings. The number of carboxylic acids is 1. The van der Waals surface area contributed by atoms with E-state index in [1.807, 2.05) is 0 Å². The second kappa shape index (κ2) is 8.61. The average Bonchev–Trinajstić information content (AvgIpc) is 3.41. The van der Waals surface area contributed by atoms with Crippen LogP contribution in [0.4, 0.5) is 11.6 Å². The SMILES string of the molecule is O=C1C(=O)N(c2nc3ccc(C(=O)O)cc3[nH]2)C(c2ccc(O)cc2)/C1=C(\O)c1cccc([N+](=O)[O-])c1. The molecule has 1 aromatic heterocycles. The number of amides is 1. The third-order valence-corrected chi connectivity index (χ3v) is 5.93. The highest BCUT2D eigenvalue weighted by atomic mass is 16.6. The number of Topliss-reactive ketones (excluding diaryl/α,β-unsaturated/α-hetero) is 1. The molecule has 5 rings (SSSR count). The zero-order valence-corrected chi connectivity index (χ0v) is 18.7. The van der Waals surface area contributed by atoms with Gasteiger partial charge in [0.25, 0.3) is 11.5 Å². The van der Waals surface area contributed by atoms with Crippen LogP contribution >= 0.6 is 0 Å². The number of hydrogen-bond acceptors (Lipinski definition) is 8. The molecule has 1 saturated heterocycles. The molecule has 1 unspecified atom stereocenters. The number of nitrogens with zero attached hydrogens (tertiary/aromatic N) is 3. The van der Waals surface area contributed by atoms with E-state index in [1.165, 1.54) is 60.7 Å². The summed E-state index contributed by atoms with van der Waals surface area (Å²) in [6.45, 7) is 0. The number of hydrogen-bond donors (Lipinski definition) is 4. The molecule has 1 aliphatic heterocycles. The number of non-ortho nitro benzene ring substituents is 1. The van der Waals surface area contributed by atoms with Crippen molar-refractivity contribution in [1.29, 1.82) is 0 Å². The van der Waals surface area contributed by atoms with Crippen LogP contribution in [0, 0.1) is 10.1 Å². The molecule has 2 heterocycles. The summed E-state index contributed by atoms with van der Waals surface area (Å²) in [5.74, 6) is -4.07. The summed E-state index contributed by atoms with van der Waals surface area (Å²) in [5, 5.41) is 41.4. The molecule has 1 amide bonds.